The zero-order valence-electron chi connectivity index (χ0n) is 13.6. The second-order valence-corrected chi connectivity index (χ2v) is 7.21. The van der Waals surface area contributed by atoms with Gasteiger partial charge in [0.15, 0.2) is 0 Å². The van der Waals surface area contributed by atoms with Crippen molar-refractivity contribution in [1.29, 1.82) is 0 Å². The number of para-hydroxylation sites is 1. The summed E-state index contributed by atoms with van der Waals surface area (Å²) in [4.78, 5) is 2.61. The van der Waals surface area contributed by atoms with Crippen LogP contribution < -0.4 is 4.90 Å². The van der Waals surface area contributed by atoms with Crippen molar-refractivity contribution in [1.82, 2.24) is 0 Å². The number of hydrogen-bond donors (Lipinski definition) is 0. The highest BCUT2D eigenvalue weighted by molar-refractivity contribution is 7.99. The Morgan fingerprint density at radius 3 is 1.46 bits per heavy atom. The van der Waals surface area contributed by atoms with E-state index in [9.17, 15) is 0 Å². The van der Waals surface area contributed by atoms with Gasteiger partial charge in [0, 0.05) is 17.2 Å². The zero-order chi connectivity index (χ0) is 16.2. The molecule has 24 heavy (non-hydrogen) atoms. The van der Waals surface area contributed by atoms with Crippen LogP contribution in [0.4, 0.5) is 5.69 Å². The van der Waals surface area contributed by atoms with Gasteiger partial charge in [-0.15, -0.1) is 0 Å². The van der Waals surface area contributed by atoms with Crippen LogP contribution in [0.2, 0.25) is 0 Å². The fraction of sp³-hybridized carbons (Fsp3) is 0.182. The Labute approximate surface area is 148 Å². The monoisotopic (exact) mass is 331 g/mol. The zero-order valence-corrected chi connectivity index (χ0v) is 14.4. The lowest BCUT2D eigenvalue weighted by Crippen LogP contribution is -2.39. The summed E-state index contributed by atoms with van der Waals surface area (Å²) in [5.41, 5.74) is 4.10. The summed E-state index contributed by atoms with van der Waals surface area (Å²) in [5.74, 6) is 2.25. The van der Waals surface area contributed by atoms with Gasteiger partial charge in [-0.2, -0.15) is 11.8 Å². The molecule has 2 heteroatoms. The summed E-state index contributed by atoms with van der Waals surface area (Å²) < 4.78 is 0. The van der Waals surface area contributed by atoms with Crippen molar-refractivity contribution in [3.63, 3.8) is 0 Å². The van der Waals surface area contributed by atoms with E-state index >= 15 is 0 Å². The van der Waals surface area contributed by atoms with Crippen molar-refractivity contribution in [2.75, 3.05) is 16.4 Å². The minimum Gasteiger partial charge on any atom is -0.356 e. The average Bonchev–Trinajstić information content (AvgIpc) is 2.69. The summed E-state index contributed by atoms with van der Waals surface area (Å²) in [6.45, 7) is 0. The van der Waals surface area contributed by atoms with Crippen LogP contribution in [-0.2, 0) is 0 Å². The molecule has 1 saturated heterocycles. The maximum Gasteiger partial charge on any atom is 0.0639 e. The topological polar surface area (TPSA) is 3.24 Å². The molecule has 0 amide bonds. The Morgan fingerprint density at radius 2 is 1.00 bits per heavy atom. The molecule has 3 aromatic rings. The Hall–Kier alpha value is -2.19. The molecule has 0 aromatic heterocycles. The van der Waals surface area contributed by atoms with Crippen molar-refractivity contribution in [3.8, 4) is 0 Å². The molecule has 120 valence electrons. The predicted octanol–water partition coefficient (Wildman–Crippen LogP) is 5.72. The summed E-state index contributed by atoms with van der Waals surface area (Å²) in [6.07, 6.45) is 0. The van der Waals surface area contributed by atoms with Gasteiger partial charge in [0.05, 0.1) is 12.1 Å². The quantitative estimate of drug-likeness (QED) is 0.603. The lowest BCUT2D eigenvalue weighted by atomic mass is 9.99. The third-order valence-electron chi connectivity index (χ3n) is 4.65. The highest BCUT2D eigenvalue weighted by Crippen LogP contribution is 2.43. The van der Waals surface area contributed by atoms with Crippen LogP contribution in [0.1, 0.15) is 23.2 Å². The molecule has 1 heterocycles. The summed E-state index contributed by atoms with van der Waals surface area (Å²) >= 11 is 2.06. The van der Waals surface area contributed by atoms with Crippen molar-refractivity contribution in [2.24, 2.45) is 0 Å². The van der Waals surface area contributed by atoms with E-state index in [0.29, 0.717) is 12.1 Å². The molecule has 0 bridgehead atoms. The first kappa shape index (κ1) is 15.3. The second-order valence-electron chi connectivity index (χ2n) is 6.13. The Kier molecular flexibility index (Phi) is 4.57. The van der Waals surface area contributed by atoms with Crippen LogP contribution in [0, 0.1) is 0 Å². The van der Waals surface area contributed by atoms with Crippen LogP contribution in [0.25, 0.3) is 0 Å². The number of rotatable bonds is 3. The lowest BCUT2D eigenvalue weighted by molar-refractivity contribution is 0.582. The second kappa shape index (κ2) is 7.14. The molecule has 0 aliphatic carbocycles. The van der Waals surface area contributed by atoms with E-state index in [1.807, 2.05) is 0 Å². The lowest BCUT2D eigenvalue weighted by Gasteiger charge is -2.44. The molecule has 1 nitrogen and oxygen atoms in total. The molecule has 2 unspecified atom stereocenters. The Balaban J connectivity index is 1.79. The van der Waals surface area contributed by atoms with Crippen molar-refractivity contribution in [2.45, 2.75) is 12.1 Å². The van der Waals surface area contributed by atoms with Gasteiger partial charge >= 0.3 is 0 Å². The molecule has 0 saturated carbocycles. The Morgan fingerprint density at radius 1 is 0.583 bits per heavy atom. The standard InChI is InChI=1S/C22H21NS/c1-4-10-18(11-5-1)21-16-24-17-22(19-12-6-2-7-13-19)23(21)20-14-8-3-9-15-20/h1-15,21-22H,16-17H2. The van der Waals surface area contributed by atoms with E-state index in [1.165, 1.54) is 16.8 Å². The van der Waals surface area contributed by atoms with Crippen molar-refractivity contribution < 1.29 is 0 Å². The van der Waals surface area contributed by atoms with Crippen LogP contribution in [0.3, 0.4) is 0 Å². The Bertz CT molecular complexity index is 710. The van der Waals surface area contributed by atoms with Crippen molar-refractivity contribution in [3.05, 3.63) is 102 Å². The molecule has 3 aromatic carbocycles. The smallest absolute Gasteiger partial charge is 0.0639 e. The number of nitrogens with zero attached hydrogens (tertiary/aromatic N) is 1. The van der Waals surface area contributed by atoms with Crippen molar-refractivity contribution >= 4 is 17.4 Å². The fourth-order valence-corrected chi connectivity index (χ4v) is 4.78. The molecule has 2 atom stereocenters. The number of thioether (sulfide) groups is 1. The molecular weight excluding hydrogens is 310 g/mol. The SMILES string of the molecule is c1ccc(C2CSCC(c3ccccc3)N2c2ccccc2)cc1. The third-order valence-corrected chi connectivity index (χ3v) is 5.75. The van der Waals surface area contributed by atoms with Crippen LogP contribution in [0.15, 0.2) is 91.0 Å². The molecule has 1 aliphatic rings. The number of hydrogen-bond acceptors (Lipinski definition) is 2. The summed E-state index contributed by atoms with van der Waals surface area (Å²) in [7, 11) is 0. The van der Waals surface area contributed by atoms with Gasteiger partial charge in [-0.25, -0.2) is 0 Å². The van der Waals surface area contributed by atoms with E-state index in [4.69, 9.17) is 0 Å². The van der Waals surface area contributed by atoms with Crippen LogP contribution >= 0.6 is 11.8 Å². The molecule has 0 radical (unpaired) electrons. The minimum absolute atomic E-state index is 0.401. The van der Waals surface area contributed by atoms with E-state index in [-0.39, 0.29) is 0 Å². The fourth-order valence-electron chi connectivity index (χ4n) is 3.49. The third kappa shape index (κ3) is 3.07. The first-order valence-corrected chi connectivity index (χ1v) is 9.60. The van der Waals surface area contributed by atoms with Gasteiger partial charge < -0.3 is 4.90 Å². The van der Waals surface area contributed by atoms with E-state index in [0.717, 1.165) is 11.5 Å². The highest BCUT2D eigenvalue weighted by Gasteiger charge is 2.32. The minimum atomic E-state index is 0.401. The number of anilines is 1. The van der Waals surface area contributed by atoms with Gasteiger partial charge in [0.1, 0.15) is 0 Å². The van der Waals surface area contributed by atoms with Gasteiger partial charge in [-0.1, -0.05) is 78.9 Å². The van der Waals surface area contributed by atoms with E-state index in [2.05, 4.69) is 108 Å². The van der Waals surface area contributed by atoms with Gasteiger partial charge in [0.2, 0.25) is 0 Å². The maximum absolute atomic E-state index is 2.61. The van der Waals surface area contributed by atoms with Gasteiger partial charge in [-0.05, 0) is 23.3 Å². The first-order chi connectivity index (χ1) is 11.9. The summed E-state index contributed by atoms with van der Waals surface area (Å²) in [5, 5.41) is 0. The largest absolute Gasteiger partial charge is 0.356 e. The molecule has 4 rings (SSSR count). The highest BCUT2D eigenvalue weighted by atomic mass is 32.2. The number of benzene rings is 3. The molecule has 0 spiro atoms. The normalized spacial score (nSPS) is 20.8. The van der Waals surface area contributed by atoms with Crippen LogP contribution in [0.5, 0.6) is 0 Å². The summed E-state index contributed by atoms with van der Waals surface area (Å²) in [6, 6.07) is 33.5. The molecule has 1 fully saturated rings. The maximum atomic E-state index is 2.61. The molecule has 0 N–H and O–H groups in total. The first-order valence-electron chi connectivity index (χ1n) is 8.44. The van der Waals surface area contributed by atoms with Crippen LogP contribution in [-0.4, -0.2) is 11.5 Å². The van der Waals surface area contributed by atoms with Gasteiger partial charge in [-0.3, -0.25) is 0 Å². The van der Waals surface area contributed by atoms with E-state index < -0.39 is 0 Å². The molecular formula is C22H21NS. The van der Waals surface area contributed by atoms with Gasteiger partial charge in [0.25, 0.3) is 0 Å². The predicted molar refractivity (Wildman–Crippen MR) is 105 cm³/mol. The average molecular weight is 331 g/mol. The van der Waals surface area contributed by atoms with E-state index in [1.54, 1.807) is 0 Å². The molecule has 1 aliphatic heterocycles.